The number of hydrogen-bond donors (Lipinski definition) is 0. The van der Waals surface area contributed by atoms with Crippen LogP contribution in [0.3, 0.4) is 0 Å². The van der Waals surface area contributed by atoms with Gasteiger partial charge in [-0.3, -0.25) is 0 Å². The molecule has 2 aliphatic rings. The van der Waals surface area contributed by atoms with E-state index in [2.05, 4.69) is 0 Å². The molecule has 0 radical (unpaired) electrons. The van der Waals surface area contributed by atoms with E-state index in [0.717, 1.165) is 12.8 Å². The van der Waals surface area contributed by atoms with Crippen LogP contribution in [0.15, 0.2) is 24.4 Å². The molecule has 8 heteroatoms. The first-order valence-electron chi connectivity index (χ1n) is 8.90. The zero-order valence-electron chi connectivity index (χ0n) is 15.5. The molecule has 26 heavy (non-hydrogen) atoms. The van der Waals surface area contributed by atoms with Crippen LogP contribution in [0, 0.1) is 11.7 Å². The maximum absolute atomic E-state index is 14.3. The van der Waals surface area contributed by atoms with Gasteiger partial charge in [-0.05, 0) is 70.1 Å². The van der Waals surface area contributed by atoms with Crippen LogP contribution >= 0.6 is 0 Å². The maximum Gasteiger partial charge on any atom is 0.495 e. The third-order valence-electron chi connectivity index (χ3n) is 5.72. The minimum atomic E-state index is -3.51. The van der Waals surface area contributed by atoms with Gasteiger partial charge >= 0.3 is 7.12 Å². The first-order chi connectivity index (χ1) is 12.0. The largest absolute Gasteiger partial charge is 0.495 e. The van der Waals surface area contributed by atoms with Crippen molar-refractivity contribution in [2.45, 2.75) is 51.7 Å². The Morgan fingerprint density at radius 2 is 1.81 bits per heavy atom. The van der Waals surface area contributed by atoms with Crippen LogP contribution in [0.2, 0.25) is 0 Å². The molecule has 1 aromatic heterocycles. The van der Waals surface area contributed by atoms with Crippen molar-refractivity contribution in [1.29, 1.82) is 0 Å². The Bertz CT molecular complexity index is 962. The topological polar surface area (TPSA) is 57.5 Å². The van der Waals surface area contributed by atoms with E-state index >= 15 is 0 Å². The number of benzene rings is 1. The Morgan fingerprint density at radius 3 is 2.38 bits per heavy atom. The van der Waals surface area contributed by atoms with Gasteiger partial charge < -0.3 is 9.31 Å². The molecule has 0 amide bonds. The fourth-order valence-electron chi connectivity index (χ4n) is 3.28. The summed E-state index contributed by atoms with van der Waals surface area (Å²) in [5, 5.41) is 0.629. The highest BCUT2D eigenvalue weighted by molar-refractivity contribution is 7.90. The van der Waals surface area contributed by atoms with Crippen LogP contribution in [-0.4, -0.2) is 36.5 Å². The van der Waals surface area contributed by atoms with Crippen molar-refractivity contribution in [2.75, 3.05) is 5.75 Å². The van der Waals surface area contributed by atoms with Gasteiger partial charge in [-0.1, -0.05) is 0 Å². The Balaban J connectivity index is 1.80. The lowest BCUT2D eigenvalue weighted by Gasteiger charge is -2.32. The molecule has 0 unspecified atom stereocenters. The van der Waals surface area contributed by atoms with E-state index in [4.69, 9.17) is 9.31 Å². The molecular formula is C18H23BFNO4S. The molecule has 2 fully saturated rings. The average Bonchev–Trinajstić information content (AvgIpc) is 3.13. The first kappa shape index (κ1) is 18.0. The molecule has 0 spiro atoms. The van der Waals surface area contributed by atoms with Gasteiger partial charge in [0, 0.05) is 11.6 Å². The van der Waals surface area contributed by atoms with Gasteiger partial charge in [0.15, 0.2) is 0 Å². The van der Waals surface area contributed by atoms with Gasteiger partial charge in [0.05, 0.1) is 22.5 Å². The van der Waals surface area contributed by atoms with Gasteiger partial charge in [0.25, 0.3) is 0 Å². The number of hydrogen-bond acceptors (Lipinski definition) is 4. The number of fused-ring (bicyclic) bond motifs is 1. The normalized spacial score (nSPS) is 22.3. The number of halogens is 1. The van der Waals surface area contributed by atoms with Crippen molar-refractivity contribution in [3.8, 4) is 0 Å². The highest BCUT2D eigenvalue weighted by atomic mass is 32.2. The first-order valence-corrected chi connectivity index (χ1v) is 10.5. The maximum atomic E-state index is 14.3. The molecule has 1 saturated carbocycles. The molecule has 0 N–H and O–H groups in total. The number of aromatic nitrogens is 1. The van der Waals surface area contributed by atoms with Gasteiger partial charge in [0.2, 0.25) is 10.0 Å². The van der Waals surface area contributed by atoms with E-state index in [0.29, 0.717) is 16.4 Å². The molecule has 4 rings (SSSR count). The summed E-state index contributed by atoms with van der Waals surface area (Å²) >= 11 is 0. The van der Waals surface area contributed by atoms with Crippen molar-refractivity contribution in [2.24, 2.45) is 5.92 Å². The highest BCUT2D eigenvalue weighted by Gasteiger charge is 2.52. The lowest BCUT2D eigenvalue weighted by atomic mass is 9.77. The summed E-state index contributed by atoms with van der Waals surface area (Å²) in [7, 11) is -4.26. The summed E-state index contributed by atoms with van der Waals surface area (Å²) in [4.78, 5) is 0. The highest BCUT2D eigenvalue weighted by Crippen LogP contribution is 2.37. The van der Waals surface area contributed by atoms with Crippen molar-refractivity contribution < 1.29 is 22.1 Å². The van der Waals surface area contributed by atoms with E-state index in [1.54, 1.807) is 6.07 Å². The molecular weight excluding hydrogens is 356 g/mol. The molecule has 2 aromatic rings. The zero-order valence-corrected chi connectivity index (χ0v) is 16.3. The lowest BCUT2D eigenvalue weighted by Crippen LogP contribution is -2.41. The molecule has 1 aliphatic carbocycles. The Morgan fingerprint density at radius 1 is 1.19 bits per heavy atom. The van der Waals surface area contributed by atoms with Crippen LogP contribution in [0.1, 0.15) is 40.5 Å². The van der Waals surface area contributed by atoms with E-state index in [1.165, 1.54) is 22.3 Å². The smallest absolute Gasteiger partial charge is 0.399 e. The predicted octanol–water partition coefficient (Wildman–Crippen LogP) is 2.67. The summed E-state index contributed by atoms with van der Waals surface area (Å²) in [5.74, 6) is -0.198. The molecule has 1 aliphatic heterocycles. The summed E-state index contributed by atoms with van der Waals surface area (Å²) < 4.78 is 53.0. The minimum Gasteiger partial charge on any atom is -0.399 e. The molecule has 5 nitrogen and oxygen atoms in total. The molecule has 1 aromatic carbocycles. The third kappa shape index (κ3) is 2.88. The van der Waals surface area contributed by atoms with Crippen LogP contribution in [0.4, 0.5) is 4.39 Å². The molecule has 2 heterocycles. The quantitative estimate of drug-likeness (QED) is 0.767. The predicted molar refractivity (Wildman–Crippen MR) is 99.5 cm³/mol. The fraction of sp³-hybridized carbons (Fsp3) is 0.556. The van der Waals surface area contributed by atoms with Crippen LogP contribution in [-0.2, 0) is 19.3 Å². The summed E-state index contributed by atoms with van der Waals surface area (Å²) in [6.45, 7) is 7.70. The van der Waals surface area contributed by atoms with E-state index < -0.39 is 34.2 Å². The van der Waals surface area contributed by atoms with Crippen LogP contribution in [0.5, 0.6) is 0 Å². The SMILES string of the molecule is CC1(C)OB(c2cc(F)cc3c2ccn3S(=O)(=O)CC2CC2)OC1(C)C. The standard InChI is InChI=1S/C18H23BFNO4S/c1-17(2)18(3,4)25-19(24-17)15-9-13(20)10-16-14(15)7-8-21(16)26(22,23)11-12-5-6-12/h7-10,12H,5-6,11H2,1-4H3. The fourth-order valence-corrected chi connectivity index (χ4v) is 5.07. The second-order valence-corrected chi connectivity index (χ2v) is 10.2. The molecule has 0 atom stereocenters. The Hall–Kier alpha value is -1.38. The minimum absolute atomic E-state index is 0.0963. The average molecular weight is 379 g/mol. The number of rotatable bonds is 4. The van der Waals surface area contributed by atoms with E-state index in [1.807, 2.05) is 27.7 Å². The Labute approximate surface area is 153 Å². The second kappa shape index (κ2) is 5.56. The second-order valence-electron chi connectivity index (χ2n) is 8.35. The van der Waals surface area contributed by atoms with Crippen molar-refractivity contribution in [3.05, 3.63) is 30.2 Å². The van der Waals surface area contributed by atoms with E-state index in [9.17, 15) is 12.8 Å². The van der Waals surface area contributed by atoms with Crippen LogP contribution < -0.4 is 5.46 Å². The lowest BCUT2D eigenvalue weighted by molar-refractivity contribution is 0.00578. The van der Waals surface area contributed by atoms with E-state index in [-0.39, 0.29) is 11.7 Å². The van der Waals surface area contributed by atoms with Gasteiger partial charge in [-0.25, -0.2) is 16.8 Å². The molecule has 140 valence electrons. The third-order valence-corrected chi connectivity index (χ3v) is 7.53. The summed E-state index contributed by atoms with van der Waals surface area (Å²) in [5.41, 5.74) is -0.275. The van der Waals surface area contributed by atoms with Gasteiger partial charge in [-0.2, -0.15) is 0 Å². The van der Waals surface area contributed by atoms with Gasteiger partial charge in [-0.15, -0.1) is 0 Å². The van der Waals surface area contributed by atoms with Crippen molar-refractivity contribution >= 4 is 33.5 Å². The van der Waals surface area contributed by atoms with Crippen molar-refractivity contribution in [3.63, 3.8) is 0 Å². The van der Waals surface area contributed by atoms with Gasteiger partial charge in [0.1, 0.15) is 5.82 Å². The van der Waals surface area contributed by atoms with Crippen molar-refractivity contribution in [1.82, 2.24) is 3.97 Å². The molecule has 0 bridgehead atoms. The zero-order chi connectivity index (χ0) is 18.9. The molecule has 1 saturated heterocycles. The number of nitrogens with zero attached hydrogens (tertiary/aromatic N) is 1. The van der Waals surface area contributed by atoms with Crippen LogP contribution in [0.25, 0.3) is 10.9 Å². The monoisotopic (exact) mass is 379 g/mol. The summed E-state index contributed by atoms with van der Waals surface area (Å²) in [6.07, 6.45) is 3.37. The Kier molecular flexibility index (Phi) is 3.85. The summed E-state index contributed by atoms with van der Waals surface area (Å²) in [6, 6.07) is 4.32.